The van der Waals surface area contributed by atoms with Crippen LogP contribution in [0.25, 0.3) is 22.2 Å². The van der Waals surface area contributed by atoms with Crippen molar-refractivity contribution in [2.75, 3.05) is 45.3 Å². The summed E-state index contributed by atoms with van der Waals surface area (Å²) in [6.07, 6.45) is 3.09. The van der Waals surface area contributed by atoms with Crippen LogP contribution in [0.5, 0.6) is 11.5 Å². The quantitative estimate of drug-likeness (QED) is 0.475. The Kier molecular flexibility index (Phi) is 6.54. The van der Waals surface area contributed by atoms with Gasteiger partial charge in [0.2, 0.25) is 5.91 Å². The van der Waals surface area contributed by atoms with Gasteiger partial charge in [0, 0.05) is 48.4 Å². The van der Waals surface area contributed by atoms with Crippen LogP contribution >= 0.6 is 0 Å². The maximum atomic E-state index is 12.7. The number of nitrogens with zero attached hydrogens (tertiary/aromatic N) is 2. The second-order valence-corrected chi connectivity index (χ2v) is 9.10. The number of nitrogens with one attached hydrogen (secondary N) is 2. The van der Waals surface area contributed by atoms with Gasteiger partial charge >= 0.3 is 0 Å². The average Bonchev–Trinajstić information content (AvgIpc) is 3.54. The van der Waals surface area contributed by atoms with Gasteiger partial charge in [0.15, 0.2) is 0 Å². The maximum absolute atomic E-state index is 12.7. The second-order valence-electron chi connectivity index (χ2n) is 9.10. The molecule has 0 spiro atoms. The van der Waals surface area contributed by atoms with Crippen LogP contribution in [-0.2, 0) is 4.79 Å². The van der Waals surface area contributed by atoms with Crippen molar-refractivity contribution in [3.8, 4) is 22.8 Å². The monoisotopic (exact) mass is 460 g/mol. The van der Waals surface area contributed by atoms with Crippen LogP contribution in [0.4, 0.5) is 5.69 Å². The molecule has 3 aromatic rings. The standard InChI is InChI=1S/C27H32N4O3/c1-28-12-14-34-21-7-3-18(4-8-21)24-16-26(23-10-9-22(33-2)15-25(23)30-24)31-13-11-19(17-31)27(32)29-20-5-6-20/h3-4,7-10,15-16,19-20,28H,5-6,11-14,17H2,1-2H3,(H,29,32). The number of aromatic nitrogens is 1. The number of benzene rings is 2. The fraction of sp³-hybridized carbons (Fsp3) is 0.407. The predicted octanol–water partition coefficient (Wildman–Crippen LogP) is 3.61. The maximum Gasteiger partial charge on any atom is 0.225 e. The molecule has 34 heavy (non-hydrogen) atoms. The highest BCUT2D eigenvalue weighted by Gasteiger charge is 2.33. The van der Waals surface area contributed by atoms with Crippen molar-refractivity contribution in [3.05, 3.63) is 48.5 Å². The van der Waals surface area contributed by atoms with E-state index in [4.69, 9.17) is 14.5 Å². The number of rotatable bonds is 9. The van der Waals surface area contributed by atoms with Crippen LogP contribution < -0.4 is 25.0 Å². The molecule has 0 bridgehead atoms. The van der Waals surface area contributed by atoms with E-state index in [1.807, 2.05) is 43.4 Å². The third-order valence-electron chi connectivity index (χ3n) is 6.59. The number of anilines is 1. The number of fused-ring (bicyclic) bond motifs is 1. The average molecular weight is 461 g/mol. The predicted molar refractivity (Wildman–Crippen MR) is 135 cm³/mol. The van der Waals surface area contributed by atoms with Gasteiger partial charge in [-0.2, -0.15) is 0 Å². The highest BCUT2D eigenvalue weighted by atomic mass is 16.5. The van der Waals surface area contributed by atoms with E-state index in [9.17, 15) is 4.79 Å². The lowest BCUT2D eigenvalue weighted by Crippen LogP contribution is -2.34. The number of hydrogen-bond acceptors (Lipinski definition) is 6. The van der Waals surface area contributed by atoms with Gasteiger partial charge in [-0.25, -0.2) is 4.98 Å². The molecule has 7 heteroatoms. The first kappa shape index (κ1) is 22.5. The van der Waals surface area contributed by atoms with E-state index in [0.717, 1.165) is 78.2 Å². The number of hydrogen-bond donors (Lipinski definition) is 2. The fourth-order valence-corrected chi connectivity index (χ4v) is 4.46. The lowest BCUT2D eigenvalue weighted by atomic mass is 10.1. The third-order valence-corrected chi connectivity index (χ3v) is 6.59. The number of amides is 1. The van der Waals surface area contributed by atoms with Gasteiger partial charge in [-0.05, 0) is 68.8 Å². The Balaban J connectivity index is 1.44. The third kappa shape index (κ3) is 4.94. The Morgan fingerprint density at radius 1 is 1.09 bits per heavy atom. The summed E-state index contributed by atoms with van der Waals surface area (Å²) in [6, 6.07) is 16.6. The van der Waals surface area contributed by atoms with E-state index in [1.165, 1.54) is 0 Å². The first-order chi connectivity index (χ1) is 16.6. The number of carbonyl (C=O) groups excluding carboxylic acids is 1. The Bertz CT molecular complexity index is 1160. The Labute approximate surface area is 200 Å². The molecule has 1 aromatic heterocycles. The first-order valence-electron chi connectivity index (χ1n) is 12.1. The van der Waals surface area contributed by atoms with Crippen LogP contribution in [0.1, 0.15) is 19.3 Å². The lowest BCUT2D eigenvalue weighted by molar-refractivity contribution is -0.124. The molecule has 2 heterocycles. The Morgan fingerprint density at radius 3 is 2.62 bits per heavy atom. The Morgan fingerprint density at radius 2 is 1.88 bits per heavy atom. The van der Waals surface area contributed by atoms with Gasteiger partial charge in [-0.3, -0.25) is 4.79 Å². The van der Waals surface area contributed by atoms with Crippen LogP contribution in [0.15, 0.2) is 48.5 Å². The zero-order valence-corrected chi connectivity index (χ0v) is 19.8. The van der Waals surface area contributed by atoms with Crippen molar-refractivity contribution in [1.29, 1.82) is 0 Å². The molecule has 2 fully saturated rings. The molecule has 1 saturated carbocycles. The van der Waals surface area contributed by atoms with Gasteiger partial charge in [0.25, 0.3) is 0 Å². The molecule has 1 amide bonds. The smallest absolute Gasteiger partial charge is 0.225 e. The molecule has 1 aliphatic heterocycles. The number of ether oxygens (including phenoxy) is 2. The molecule has 178 valence electrons. The summed E-state index contributed by atoms with van der Waals surface area (Å²) < 4.78 is 11.2. The molecule has 1 unspecified atom stereocenters. The number of likely N-dealkylation sites (N-methyl/N-ethyl adjacent to an activating group) is 1. The summed E-state index contributed by atoms with van der Waals surface area (Å²) in [5.41, 5.74) is 3.91. The number of pyridine rings is 1. The summed E-state index contributed by atoms with van der Waals surface area (Å²) in [4.78, 5) is 19.9. The molecule has 1 aliphatic carbocycles. The van der Waals surface area contributed by atoms with Gasteiger partial charge in [-0.1, -0.05) is 0 Å². The number of carbonyl (C=O) groups is 1. The van der Waals surface area contributed by atoms with Crippen molar-refractivity contribution in [1.82, 2.24) is 15.6 Å². The van der Waals surface area contributed by atoms with E-state index < -0.39 is 0 Å². The molecule has 1 saturated heterocycles. The molecule has 5 rings (SSSR count). The number of methoxy groups -OCH3 is 1. The van der Waals surface area contributed by atoms with E-state index in [1.54, 1.807) is 7.11 Å². The van der Waals surface area contributed by atoms with Crippen LogP contribution in [0.3, 0.4) is 0 Å². The van der Waals surface area contributed by atoms with Crippen molar-refractivity contribution >= 4 is 22.5 Å². The van der Waals surface area contributed by atoms with Gasteiger partial charge in [0.1, 0.15) is 18.1 Å². The summed E-state index contributed by atoms with van der Waals surface area (Å²) in [7, 11) is 3.58. The van der Waals surface area contributed by atoms with E-state index >= 15 is 0 Å². The Hall–Kier alpha value is -3.32. The fourth-order valence-electron chi connectivity index (χ4n) is 4.46. The first-order valence-corrected chi connectivity index (χ1v) is 12.1. The zero-order valence-electron chi connectivity index (χ0n) is 19.8. The molecule has 1 atom stereocenters. The van der Waals surface area contributed by atoms with E-state index in [2.05, 4.69) is 27.7 Å². The molecule has 0 radical (unpaired) electrons. The minimum Gasteiger partial charge on any atom is -0.497 e. The molecule has 2 aliphatic rings. The normalized spacial score (nSPS) is 17.7. The van der Waals surface area contributed by atoms with Crippen LogP contribution in [0.2, 0.25) is 0 Å². The summed E-state index contributed by atoms with van der Waals surface area (Å²) >= 11 is 0. The van der Waals surface area contributed by atoms with Crippen LogP contribution in [-0.4, -0.2) is 57.3 Å². The van der Waals surface area contributed by atoms with Gasteiger partial charge in [0.05, 0.1) is 24.2 Å². The minimum absolute atomic E-state index is 0.0274. The van der Waals surface area contributed by atoms with Crippen molar-refractivity contribution in [2.24, 2.45) is 5.92 Å². The summed E-state index contributed by atoms with van der Waals surface area (Å²) in [6.45, 7) is 3.00. The molecule has 2 N–H and O–H groups in total. The molecular weight excluding hydrogens is 428 g/mol. The van der Waals surface area contributed by atoms with Crippen molar-refractivity contribution in [3.63, 3.8) is 0 Å². The zero-order chi connectivity index (χ0) is 23.5. The lowest BCUT2D eigenvalue weighted by Gasteiger charge is -2.22. The van der Waals surface area contributed by atoms with E-state index in [-0.39, 0.29) is 11.8 Å². The summed E-state index contributed by atoms with van der Waals surface area (Å²) in [5, 5.41) is 7.32. The van der Waals surface area contributed by atoms with E-state index in [0.29, 0.717) is 12.6 Å². The highest BCUT2D eigenvalue weighted by molar-refractivity contribution is 5.95. The molecule has 2 aromatic carbocycles. The van der Waals surface area contributed by atoms with Gasteiger partial charge < -0.3 is 25.0 Å². The minimum atomic E-state index is 0.0274. The van der Waals surface area contributed by atoms with Gasteiger partial charge in [-0.15, -0.1) is 0 Å². The molecular formula is C27H32N4O3. The largest absolute Gasteiger partial charge is 0.497 e. The molecule has 7 nitrogen and oxygen atoms in total. The summed E-state index contributed by atoms with van der Waals surface area (Å²) in [5.74, 6) is 1.84. The topological polar surface area (TPSA) is 75.7 Å². The second kappa shape index (κ2) is 9.89. The van der Waals surface area contributed by atoms with Crippen LogP contribution in [0, 0.1) is 5.92 Å². The van der Waals surface area contributed by atoms with Crippen molar-refractivity contribution < 1.29 is 14.3 Å². The highest BCUT2D eigenvalue weighted by Crippen LogP contribution is 2.36. The SMILES string of the molecule is CNCCOc1ccc(-c2cc(N3CCC(C(=O)NC4CC4)C3)c3ccc(OC)cc3n2)cc1. The van der Waals surface area contributed by atoms with Crippen molar-refractivity contribution in [2.45, 2.75) is 25.3 Å².